The molecule has 2 aliphatic rings. The third-order valence-corrected chi connectivity index (χ3v) is 5.83. The maximum atomic E-state index is 13.3. The second-order valence-electron chi connectivity index (χ2n) is 9.05. The monoisotopic (exact) mass is 494 g/mol. The topological polar surface area (TPSA) is 109 Å². The maximum absolute atomic E-state index is 13.3. The van der Waals surface area contributed by atoms with E-state index in [-0.39, 0.29) is 24.2 Å². The Bertz CT molecular complexity index is 1230. The Morgan fingerprint density at radius 1 is 1.11 bits per heavy atom. The molecule has 35 heavy (non-hydrogen) atoms. The minimum absolute atomic E-state index is 0.0939. The van der Waals surface area contributed by atoms with Crippen molar-refractivity contribution in [2.75, 3.05) is 17.4 Å². The molecule has 2 aromatic carbocycles. The molecule has 2 aromatic rings. The van der Waals surface area contributed by atoms with E-state index < -0.39 is 17.5 Å². The Morgan fingerprint density at radius 2 is 1.83 bits per heavy atom. The summed E-state index contributed by atoms with van der Waals surface area (Å²) >= 11 is 1.07. The van der Waals surface area contributed by atoms with Gasteiger partial charge in [-0.05, 0) is 63.6 Å². The molecule has 0 saturated carbocycles. The van der Waals surface area contributed by atoms with Gasteiger partial charge in [-0.2, -0.15) is 0 Å². The van der Waals surface area contributed by atoms with Crippen molar-refractivity contribution in [3.8, 4) is 11.5 Å². The number of benzene rings is 2. The second-order valence-corrected chi connectivity index (χ2v) is 10.00. The number of hydrogen-bond donors (Lipinski definition) is 2. The molecule has 2 N–H and O–H groups in total. The van der Waals surface area contributed by atoms with Gasteiger partial charge in [-0.1, -0.05) is 35.5 Å². The number of ether oxygens (including phenoxy) is 2. The number of carbonyl (C=O) groups is 3. The van der Waals surface area contributed by atoms with Crippen LogP contribution in [-0.2, 0) is 9.59 Å². The number of aliphatic imine (C=N–C) groups is 1. The number of thioether (sulfide) groups is 1. The van der Waals surface area contributed by atoms with Crippen LogP contribution in [0.15, 0.2) is 53.2 Å². The van der Waals surface area contributed by atoms with E-state index in [0.717, 1.165) is 22.9 Å². The van der Waals surface area contributed by atoms with Gasteiger partial charge in [-0.25, -0.2) is 9.79 Å². The quantitative estimate of drug-likeness (QED) is 0.626. The van der Waals surface area contributed by atoms with E-state index in [1.165, 1.54) is 4.90 Å². The summed E-state index contributed by atoms with van der Waals surface area (Å²) in [6, 6.07) is 12.2. The fourth-order valence-electron chi connectivity index (χ4n) is 3.34. The number of imide groups is 1. The summed E-state index contributed by atoms with van der Waals surface area (Å²) in [5.41, 5.74) is 2.15. The third-order valence-electron chi connectivity index (χ3n) is 4.90. The molecule has 0 spiro atoms. The number of nitrogens with one attached hydrogen (secondary N) is 2. The molecule has 4 amide bonds. The summed E-state index contributed by atoms with van der Waals surface area (Å²) in [5, 5.41) is 5.32. The Balaban J connectivity index is 1.55. The van der Waals surface area contributed by atoms with Crippen LogP contribution in [-0.4, -0.2) is 41.1 Å². The Hall–Kier alpha value is -3.79. The molecule has 9 nitrogen and oxygen atoms in total. The summed E-state index contributed by atoms with van der Waals surface area (Å²) in [5.74, 6) is 0.337. The number of amidine groups is 1. The van der Waals surface area contributed by atoms with Gasteiger partial charge in [0.15, 0.2) is 16.7 Å². The number of aryl methyl sites for hydroxylation is 1. The lowest BCUT2D eigenvalue weighted by Gasteiger charge is -2.20. The highest BCUT2D eigenvalue weighted by molar-refractivity contribution is 8.14. The SMILES string of the molecule is Cc1ccc(N2C(=O)C(=Cc3ccc4c(c3)OCO4)N=C2SCC(=O)NC(=O)NC(C)(C)C)cc1. The van der Waals surface area contributed by atoms with Crippen molar-refractivity contribution >= 4 is 46.5 Å². The first-order valence-electron chi connectivity index (χ1n) is 10.9. The molecule has 0 bridgehead atoms. The molecule has 2 aliphatic heterocycles. The van der Waals surface area contributed by atoms with Crippen LogP contribution in [0.1, 0.15) is 31.9 Å². The van der Waals surface area contributed by atoms with Crippen molar-refractivity contribution in [1.82, 2.24) is 10.6 Å². The summed E-state index contributed by atoms with van der Waals surface area (Å²) in [6.45, 7) is 7.57. The van der Waals surface area contributed by atoms with E-state index >= 15 is 0 Å². The first-order chi connectivity index (χ1) is 16.6. The lowest BCUT2D eigenvalue weighted by Crippen LogP contribution is -2.48. The standard InChI is InChI=1S/C25H26N4O5S/c1-15-5-8-17(9-6-15)29-22(31)18(11-16-7-10-19-20(12-16)34-14-33-19)26-24(29)35-13-21(30)27-23(32)28-25(2,3)4/h5-12H,13-14H2,1-4H3,(H2,27,28,30,32). The number of amides is 4. The lowest BCUT2D eigenvalue weighted by molar-refractivity contribution is -0.117. The Morgan fingerprint density at radius 3 is 2.54 bits per heavy atom. The van der Waals surface area contributed by atoms with Crippen LogP contribution < -0.4 is 25.0 Å². The highest BCUT2D eigenvalue weighted by atomic mass is 32.2. The maximum Gasteiger partial charge on any atom is 0.321 e. The van der Waals surface area contributed by atoms with Crippen molar-refractivity contribution in [3.63, 3.8) is 0 Å². The van der Waals surface area contributed by atoms with Crippen molar-refractivity contribution in [1.29, 1.82) is 0 Å². The number of fused-ring (bicyclic) bond motifs is 1. The van der Waals surface area contributed by atoms with Crippen molar-refractivity contribution in [3.05, 3.63) is 59.3 Å². The zero-order chi connectivity index (χ0) is 25.2. The molecule has 0 unspecified atom stereocenters. The van der Waals surface area contributed by atoms with Gasteiger partial charge in [0.05, 0.1) is 11.4 Å². The van der Waals surface area contributed by atoms with E-state index in [0.29, 0.717) is 22.4 Å². The van der Waals surface area contributed by atoms with Gasteiger partial charge in [0.1, 0.15) is 5.70 Å². The predicted molar refractivity (Wildman–Crippen MR) is 136 cm³/mol. The Labute approximate surface area is 207 Å². The molecule has 0 radical (unpaired) electrons. The van der Waals surface area contributed by atoms with Crippen LogP contribution in [0.25, 0.3) is 6.08 Å². The molecule has 182 valence electrons. The zero-order valence-electron chi connectivity index (χ0n) is 19.9. The molecular formula is C25H26N4O5S. The first kappa shape index (κ1) is 24.3. The number of carbonyl (C=O) groups excluding carboxylic acids is 3. The van der Waals surface area contributed by atoms with Gasteiger partial charge in [-0.15, -0.1) is 0 Å². The molecule has 0 fully saturated rings. The molecule has 0 atom stereocenters. The summed E-state index contributed by atoms with van der Waals surface area (Å²) in [7, 11) is 0. The van der Waals surface area contributed by atoms with Crippen LogP contribution in [0.4, 0.5) is 10.5 Å². The van der Waals surface area contributed by atoms with Gasteiger partial charge in [0.25, 0.3) is 5.91 Å². The van der Waals surface area contributed by atoms with Gasteiger partial charge >= 0.3 is 6.03 Å². The predicted octanol–water partition coefficient (Wildman–Crippen LogP) is 3.82. The van der Waals surface area contributed by atoms with E-state index in [2.05, 4.69) is 15.6 Å². The van der Waals surface area contributed by atoms with Gasteiger partial charge in [-0.3, -0.25) is 19.8 Å². The van der Waals surface area contributed by atoms with E-state index in [9.17, 15) is 14.4 Å². The lowest BCUT2D eigenvalue weighted by atomic mass is 10.1. The fourth-order valence-corrected chi connectivity index (χ4v) is 4.15. The van der Waals surface area contributed by atoms with Gasteiger partial charge < -0.3 is 14.8 Å². The minimum Gasteiger partial charge on any atom is -0.454 e. The van der Waals surface area contributed by atoms with Gasteiger partial charge in [0.2, 0.25) is 12.7 Å². The number of anilines is 1. The zero-order valence-corrected chi connectivity index (χ0v) is 20.7. The van der Waals surface area contributed by atoms with Gasteiger partial charge in [0, 0.05) is 5.54 Å². The average Bonchev–Trinajstić information content (AvgIpc) is 3.36. The van der Waals surface area contributed by atoms with E-state index in [4.69, 9.17) is 9.47 Å². The highest BCUT2D eigenvalue weighted by Crippen LogP contribution is 2.34. The summed E-state index contributed by atoms with van der Waals surface area (Å²) < 4.78 is 10.8. The van der Waals surface area contributed by atoms with Crippen LogP contribution in [0.2, 0.25) is 0 Å². The van der Waals surface area contributed by atoms with Crippen LogP contribution in [0.5, 0.6) is 11.5 Å². The van der Waals surface area contributed by atoms with E-state index in [1.54, 1.807) is 18.2 Å². The molecule has 0 saturated heterocycles. The Kier molecular flexibility index (Phi) is 6.83. The first-order valence-corrected chi connectivity index (χ1v) is 11.9. The van der Waals surface area contributed by atoms with Crippen molar-refractivity contribution in [2.45, 2.75) is 33.2 Å². The number of rotatable bonds is 4. The smallest absolute Gasteiger partial charge is 0.321 e. The molecule has 0 aliphatic carbocycles. The molecule has 2 heterocycles. The van der Waals surface area contributed by atoms with E-state index in [1.807, 2.05) is 58.0 Å². The third kappa shape index (κ3) is 6.02. The molecule has 10 heteroatoms. The van der Waals surface area contributed by atoms with Crippen LogP contribution >= 0.6 is 11.8 Å². The summed E-state index contributed by atoms with van der Waals surface area (Å²) in [4.78, 5) is 43.7. The van der Waals surface area contributed by atoms with Crippen molar-refractivity contribution < 1.29 is 23.9 Å². The average molecular weight is 495 g/mol. The molecular weight excluding hydrogens is 468 g/mol. The molecule has 4 rings (SSSR count). The number of urea groups is 1. The van der Waals surface area contributed by atoms with Crippen LogP contribution in [0, 0.1) is 6.92 Å². The minimum atomic E-state index is -0.577. The van der Waals surface area contributed by atoms with Crippen LogP contribution in [0.3, 0.4) is 0 Å². The number of nitrogens with zero attached hydrogens (tertiary/aromatic N) is 2. The van der Waals surface area contributed by atoms with Crippen molar-refractivity contribution in [2.24, 2.45) is 4.99 Å². The number of hydrogen-bond acceptors (Lipinski definition) is 7. The highest BCUT2D eigenvalue weighted by Gasteiger charge is 2.32. The molecule has 0 aromatic heterocycles. The normalized spacial score (nSPS) is 15.9. The largest absolute Gasteiger partial charge is 0.454 e. The fraction of sp³-hybridized carbons (Fsp3) is 0.280. The summed E-state index contributed by atoms with van der Waals surface area (Å²) in [6.07, 6.45) is 1.66. The second kappa shape index (κ2) is 9.83.